The number of carbonyl (C=O) groups excluding carboxylic acids is 1. The molecule has 0 aliphatic rings. The molecule has 8 nitrogen and oxygen atoms in total. The molecule has 4 rings (SSSR count). The molecule has 0 radical (unpaired) electrons. The van der Waals surface area contributed by atoms with Gasteiger partial charge in [-0.15, -0.1) is 0 Å². The maximum absolute atomic E-state index is 12.8. The first-order valence-electron chi connectivity index (χ1n) is 9.96. The van der Waals surface area contributed by atoms with Gasteiger partial charge in [0.2, 0.25) is 0 Å². The normalized spacial score (nSPS) is 11.3. The predicted molar refractivity (Wildman–Crippen MR) is 120 cm³/mol. The number of carbonyl (C=O) groups is 1. The highest BCUT2D eigenvalue weighted by Gasteiger charge is 2.16. The summed E-state index contributed by atoms with van der Waals surface area (Å²) >= 11 is 0. The van der Waals surface area contributed by atoms with Crippen LogP contribution in [0.3, 0.4) is 0 Å². The highest BCUT2D eigenvalue weighted by atomic mass is 16.2. The number of rotatable bonds is 5. The number of amides is 1. The van der Waals surface area contributed by atoms with Crippen molar-refractivity contribution in [2.75, 3.05) is 0 Å². The quantitative estimate of drug-likeness (QED) is 0.401. The lowest BCUT2D eigenvalue weighted by atomic mass is 10.1. The first kappa shape index (κ1) is 20.2. The van der Waals surface area contributed by atoms with E-state index >= 15 is 0 Å². The summed E-state index contributed by atoms with van der Waals surface area (Å²) < 4.78 is 3.11. The molecule has 4 aromatic rings. The summed E-state index contributed by atoms with van der Waals surface area (Å²) in [6, 6.07) is 16.7. The number of hydrogen-bond acceptors (Lipinski definition) is 5. The molecule has 8 heteroatoms. The number of fused-ring (bicyclic) bond motifs is 1. The fourth-order valence-electron chi connectivity index (χ4n) is 3.49. The van der Waals surface area contributed by atoms with Crippen molar-refractivity contribution in [1.82, 2.24) is 25.0 Å². The van der Waals surface area contributed by atoms with Crippen molar-refractivity contribution in [1.29, 1.82) is 0 Å². The van der Waals surface area contributed by atoms with E-state index in [-0.39, 0.29) is 11.3 Å². The summed E-state index contributed by atoms with van der Waals surface area (Å²) in [7, 11) is 0. The smallest absolute Gasteiger partial charge is 0.267 e. The van der Waals surface area contributed by atoms with Crippen LogP contribution in [0.4, 0.5) is 0 Å². The molecule has 0 atom stereocenters. The summed E-state index contributed by atoms with van der Waals surface area (Å²) in [5.74, 6) is -0.486. The minimum absolute atomic E-state index is 0.155. The van der Waals surface area contributed by atoms with Crippen molar-refractivity contribution in [3.05, 3.63) is 87.6 Å². The Labute approximate surface area is 178 Å². The van der Waals surface area contributed by atoms with E-state index in [1.165, 1.54) is 4.68 Å². The average molecular weight is 414 g/mol. The van der Waals surface area contributed by atoms with Gasteiger partial charge >= 0.3 is 0 Å². The molecule has 2 heterocycles. The summed E-state index contributed by atoms with van der Waals surface area (Å²) in [5.41, 5.74) is 5.93. The van der Waals surface area contributed by atoms with Gasteiger partial charge in [-0.1, -0.05) is 36.4 Å². The van der Waals surface area contributed by atoms with Gasteiger partial charge in [0.25, 0.3) is 11.5 Å². The van der Waals surface area contributed by atoms with Gasteiger partial charge in [-0.25, -0.2) is 14.8 Å². The Hall–Kier alpha value is -4.07. The van der Waals surface area contributed by atoms with Crippen LogP contribution < -0.4 is 11.0 Å². The Morgan fingerprint density at radius 3 is 2.42 bits per heavy atom. The number of nitrogens with zero attached hydrogens (tertiary/aromatic N) is 5. The molecular formula is C23H22N6O2. The van der Waals surface area contributed by atoms with Crippen molar-refractivity contribution in [2.45, 2.75) is 27.3 Å². The molecule has 1 N–H and O–H groups in total. The van der Waals surface area contributed by atoms with Gasteiger partial charge in [0.15, 0.2) is 5.69 Å². The SMILES string of the molecule is CCn1nc(C(=O)N/N=C\c2c(C)nn(-c3ccccc3)c2C)c2ccccc2c1=O. The molecule has 0 spiro atoms. The molecule has 0 aliphatic carbocycles. The lowest BCUT2D eigenvalue weighted by Gasteiger charge is -2.08. The molecule has 0 bridgehead atoms. The van der Waals surface area contributed by atoms with Crippen LogP contribution in [0.5, 0.6) is 0 Å². The van der Waals surface area contributed by atoms with Crippen LogP contribution in [-0.4, -0.2) is 31.7 Å². The Morgan fingerprint density at radius 1 is 1.03 bits per heavy atom. The van der Waals surface area contributed by atoms with Crippen molar-refractivity contribution in [3.63, 3.8) is 0 Å². The Balaban J connectivity index is 1.63. The van der Waals surface area contributed by atoms with Crippen LogP contribution >= 0.6 is 0 Å². The van der Waals surface area contributed by atoms with Crippen molar-refractivity contribution < 1.29 is 4.79 Å². The van der Waals surface area contributed by atoms with E-state index in [2.05, 4.69) is 20.7 Å². The predicted octanol–water partition coefficient (Wildman–Crippen LogP) is 2.98. The van der Waals surface area contributed by atoms with Crippen LogP contribution in [0.1, 0.15) is 34.4 Å². The molecule has 0 saturated heterocycles. The zero-order valence-corrected chi connectivity index (χ0v) is 17.5. The van der Waals surface area contributed by atoms with Gasteiger partial charge in [0.05, 0.1) is 28.7 Å². The third-order valence-electron chi connectivity index (χ3n) is 5.09. The first-order valence-corrected chi connectivity index (χ1v) is 9.96. The molecule has 0 aliphatic heterocycles. The third kappa shape index (κ3) is 3.75. The maximum Gasteiger partial charge on any atom is 0.292 e. The van der Waals surface area contributed by atoms with E-state index in [9.17, 15) is 9.59 Å². The number of hydrogen-bond donors (Lipinski definition) is 1. The lowest BCUT2D eigenvalue weighted by molar-refractivity contribution is 0.0949. The molecule has 31 heavy (non-hydrogen) atoms. The standard InChI is InChI=1S/C23H22N6O2/c1-4-28-23(31)19-13-9-8-12-18(19)21(27-28)22(30)25-24-14-20-15(2)26-29(16(20)3)17-10-6-5-7-11-17/h5-14H,4H2,1-3H3,(H,25,30)/b24-14-. The molecule has 156 valence electrons. The van der Waals surface area contributed by atoms with Gasteiger partial charge in [0.1, 0.15) is 0 Å². The number of aromatic nitrogens is 4. The van der Waals surface area contributed by atoms with Crippen LogP contribution in [0.2, 0.25) is 0 Å². The van der Waals surface area contributed by atoms with Crippen LogP contribution in [-0.2, 0) is 6.54 Å². The summed E-state index contributed by atoms with van der Waals surface area (Å²) in [6.07, 6.45) is 1.58. The largest absolute Gasteiger partial charge is 0.292 e. The number of aryl methyl sites for hydroxylation is 2. The van der Waals surface area contributed by atoms with Gasteiger partial charge in [-0.3, -0.25) is 9.59 Å². The van der Waals surface area contributed by atoms with E-state index < -0.39 is 5.91 Å². The Bertz CT molecular complexity index is 1350. The topological polar surface area (TPSA) is 94.2 Å². The maximum atomic E-state index is 12.8. The highest BCUT2D eigenvalue weighted by Crippen LogP contribution is 2.16. The number of benzene rings is 2. The van der Waals surface area contributed by atoms with Gasteiger partial charge < -0.3 is 0 Å². The van der Waals surface area contributed by atoms with E-state index in [0.29, 0.717) is 17.3 Å². The molecule has 0 unspecified atom stereocenters. The van der Waals surface area contributed by atoms with Crippen molar-refractivity contribution in [3.8, 4) is 5.69 Å². The van der Waals surface area contributed by atoms with E-state index in [1.54, 1.807) is 37.4 Å². The van der Waals surface area contributed by atoms with Crippen molar-refractivity contribution >= 4 is 22.9 Å². The molecule has 1 amide bonds. The molecule has 2 aromatic heterocycles. The molecular weight excluding hydrogens is 392 g/mol. The average Bonchev–Trinajstić information content (AvgIpc) is 3.08. The Morgan fingerprint density at radius 2 is 1.71 bits per heavy atom. The summed E-state index contributed by atoms with van der Waals surface area (Å²) in [5, 5.41) is 13.9. The van der Waals surface area contributed by atoms with Crippen molar-refractivity contribution in [2.24, 2.45) is 5.10 Å². The minimum atomic E-state index is -0.486. The summed E-state index contributed by atoms with van der Waals surface area (Å²) in [4.78, 5) is 25.3. The van der Waals surface area contributed by atoms with Gasteiger partial charge in [0, 0.05) is 17.5 Å². The highest BCUT2D eigenvalue weighted by molar-refractivity contribution is 6.05. The minimum Gasteiger partial charge on any atom is -0.267 e. The van der Waals surface area contributed by atoms with Crippen LogP contribution in [0.25, 0.3) is 16.5 Å². The van der Waals surface area contributed by atoms with E-state index in [0.717, 1.165) is 22.6 Å². The number of para-hydroxylation sites is 1. The number of nitrogens with one attached hydrogen (secondary N) is 1. The molecule has 0 saturated carbocycles. The first-order chi connectivity index (χ1) is 15.0. The molecule has 0 fully saturated rings. The van der Waals surface area contributed by atoms with Gasteiger partial charge in [-0.2, -0.15) is 15.3 Å². The van der Waals surface area contributed by atoms with Crippen LogP contribution in [0.15, 0.2) is 64.5 Å². The summed E-state index contributed by atoms with van der Waals surface area (Å²) in [6.45, 7) is 6.01. The van der Waals surface area contributed by atoms with E-state index in [1.807, 2.05) is 48.9 Å². The monoisotopic (exact) mass is 414 g/mol. The second kappa shape index (κ2) is 8.35. The van der Waals surface area contributed by atoms with E-state index in [4.69, 9.17) is 0 Å². The second-order valence-electron chi connectivity index (χ2n) is 7.05. The zero-order chi connectivity index (χ0) is 22.0. The zero-order valence-electron chi connectivity index (χ0n) is 17.5. The van der Waals surface area contributed by atoms with Crippen LogP contribution in [0, 0.1) is 13.8 Å². The lowest BCUT2D eigenvalue weighted by Crippen LogP contribution is -2.28. The fraction of sp³-hybridized carbons (Fsp3) is 0.174. The molecule has 2 aromatic carbocycles. The van der Waals surface area contributed by atoms with Gasteiger partial charge in [-0.05, 0) is 39.0 Å². The second-order valence-corrected chi connectivity index (χ2v) is 7.05. The third-order valence-corrected chi connectivity index (χ3v) is 5.09. The number of hydrazone groups is 1. The fourth-order valence-corrected chi connectivity index (χ4v) is 3.49. The Kier molecular flexibility index (Phi) is 5.44.